The molecule has 0 N–H and O–H groups in total. The Bertz CT molecular complexity index is 1610. The smallest absolute Gasteiger partial charge is 0.338 e. The van der Waals surface area contributed by atoms with Gasteiger partial charge in [0.25, 0.3) is 5.91 Å². The molecular formula is C29H23Cl2N3O3S. The van der Waals surface area contributed by atoms with Gasteiger partial charge in [0.2, 0.25) is 0 Å². The number of aromatic nitrogens is 1. The summed E-state index contributed by atoms with van der Waals surface area (Å²) in [6, 6.07) is 20.5. The summed E-state index contributed by atoms with van der Waals surface area (Å²) in [5.74, 6) is -0.504. The monoisotopic (exact) mass is 563 g/mol. The molecule has 5 rings (SSSR count). The highest BCUT2D eigenvalue weighted by Gasteiger charge is 2.30. The molecule has 1 aliphatic heterocycles. The van der Waals surface area contributed by atoms with Gasteiger partial charge in [-0.15, -0.1) is 0 Å². The second kappa shape index (κ2) is 11.1. The van der Waals surface area contributed by atoms with Gasteiger partial charge in [-0.05, 0) is 72.8 Å². The normalized spacial score (nSPS) is 15.7. The molecule has 1 amide bonds. The highest BCUT2D eigenvalue weighted by Crippen LogP contribution is 2.35. The molecule has 1 saturated heterocycles. The first-order chi connectivity index (χ1) is 18.3. The summed E-state index contributed by atoms with van der Waals surface area (Å²) in [6.45, 7) is 2.69. The maximum absolute atomic E-state index is 13.1. The summed E-state index contributed by atoms with van der Waals surface area (Å²) in [7, 11) is 1.70. The van der Waals surface area contributed by atoms with E-state index in [4.69, 9.17) is 27.9 Å². The molecular weight excluding hydrogens is 541 g/mol. The van der Waals surface area contributed by atoms with Crippen LogP contribution in [-0.4, -0.2) is 40.2 Å². The van der Waals surface area contributed by atoms with Crippen LogP contribution in [0.1, 0.15) is 28.4 Å². The van der Waals surface area contributed by atoms with Crippen molar-refractivity contribution in [3.63, 3.8) is 0 Å². The number of ether oxygens (including phenoxy) is 1. The number of likely N-dealkylation sites (N-methyl/N-ethyl adjacent to an activating group) is 1. The number of amides is 1. The van der Waals surface area contributed by atoms with Crippen molar-refractivity contribution in [3.05, 3.63) is 105 Å². The fraction of sp³-hybridized carbons (Fsp3) is 0.138. The van der Waals surface area contributed by atoms with Crippen LogP contribution in [0.4, 0.5) is 5.69 Å². The lowest BCUT2D eigenvalue weighted by atomic mass is 10.1. The van der Waals surface area contributed by atoms with Gasteiger partial charge in [0, 0.05) is 36.3 Å². The quantitative estimate of drug-likeness (QED) is 0.181. The van der Waals surface area contributed by atoms with Crippen molar-refractivity contribution in [1.29, 1.82) is 0 Å². The Balaban J connectivity index is 1.43. The van der Waals surface area contributed by atoms with Crippen LogP contribution in [0.5, 0.6) is 0 Å². The van der Waals surface area contributed by atoms with E-state index in [-0.39, 0.29) is 11.9 Å². The van der Waals surface area contributed by atoms with E-state index in [0.29, 0.717) is 44.5 Å². The third-order valence-electron chi connectivity index (χ3n) is 6.05. The third-order valence-corrected chi connectivity index (χ3v) is 7.85. The number of hydrogen-bond donors (Lipinski definition) is 0. The summed E-state index contributed by atoms with van der Waals surface area (Å²) in [5.41, 5.74) is 4.10. The summed E-state index contributed by atoms with van der Waals surface area (Å²) >= 11 is 13.6. The van der Waals surface area contributed by atoms with Crippen LogP contribution in [0.15, 0.2) is 82.8 Å². The fourth-order valence-electron chi connectivity index (χ4n) is 4.15. The van der Waals surface area contributed by atoms with Gasteiger partial charge in [-0.1, -0.05) is 47.5 Å². The molecule has 1 aliphatic rings. The number of carbonyl (C=O) groups excluding carboxylic acids is 2. The number of benzene rings is 3. The van der Waals surface area contributed by atoms with Gasteiger partial charge in [0.05, 0.1) is 32.8 Å². The van der Waals surface area contributed by atoms with Gasteiger partial charge in [-0.25, -0.2) is 9.79 Å². The van der Waals surface area contributed by atoms with Crippen molar-refractivity contribution in [2.75, 3.05) is 13.7 Å². The SMILES string of the molecule is CCOC(=O)c1ccc(N=C2SC(=Cc3cn(Cc4ccc(Cl)c(Cl)c4)c4ccccc34)C(=O)N2C)cc1. The zero-order chi connectivity index (χ0) is 26.8. The second-order valence-electron chi connectivity index (χ2n) is 8.61. The first-order valence-corrected chi connectivity index (χ1v) is 13.5. The lowest BCUT2D eigenvalue weighted by Gasteiger charge is -2.07. The number of para-hydroxylation sites is 1. The number of nitrogens with zero attached hydrogens (tertiary/aromatic N) is 3. The van der Waals surface area contributed by atoms with Gasteiger partial charge in [0.15, 0.2) is 5.17 Å². The average Bonchev–Trinajstić information content (AvgIpc) is 3.39. The van der Waals surface area contributed by atoms with Crippen LogP contribution in [0.3, 0.4) is 0 Å². The predicted molar refractivity (Wildman–Crippen MR) is 155 cm³/mol. The molecule has 0 spiro atoms. The first kappa shape index (κ1) is 26.1. The van der Waals surface area contributed by atoms with Gasteiger partial charge >= 0.3 is 5.97 Å². The molecule has 192 valence electrons. The number of rotatable bonds is 6. The van der Waals surface area contributed by atoms with Gasteiger partial charge in [-0.3, -0.25) is 9.69 Å². The van der Waals surface area contributed by atoms with Crippen LogP contribution in [0, 0.1) is 0 Å². The molecule has 2 heterocycles. The number of fused-ring (bicyclic) bond motifs is 1. The lowest BCUT2D eigenvalue weighted by molar-refractivity contribution is -0.121. The van der Waals surface area contributed by atoms with Crippen molar-refractivity contribution in [3.8, 4) is 0 Å². The van der Waals surface area contributed by atoms with Crippen molar-refractivity contribution in [2.45, 2.75) is 13.5 Å². The Morgan fingerprint density at radius 1 is 1.05 bits per heavy atom. The largest absolute Gasteiger partial charge is 0.462 e. The number of carbonyl (C=O) groups is 2. The van der Waals surface area contributed by atoms with E-state index in [9.17, 15) is 9.59 Å². The molecule has 9 heteroatoms. The van der Waals surface area contributed by atoms with E-state index >= 15 is 0 Å². The third kappa shape index (κ3) is 5.36. The number of amidine groups is 1. The Kier molecular flexibility index (Phi) is 7.61. The molecule has 3 aromatic carbocycles. The molecule has 0 aliphatic carbocycles. The van der Waals surface area contributed by atoms with E-state index < -0.39 is 0 Å². The first-order valence-electron chi connectivity index (χ1n) is 11.9. The Hall–Kier alpha value is -3.52. The summed E-state index contributed by atoms with van der Waals surface area (Å²) in [6.07, 6.45) is 3.95. The molecule has 6 nitrogen and oxygen atoms in total. The van der Waals surface area contributed by atoms with Gasteiger partial charge in [0.1, 0.15) is 0 Å². The van der Waals surface area contributed by atoms with Crippen molar-refractivity contribution < 1.29 is 14.3 Å². The molecule has 4 aromatic rings. The number of esters is 1. The molecule has 0 radical (unpaired) electrons. The maximum Gasteiger partial charge on any atom is 0.338 e. The van der Waals surface area contributed by atoms with E-state index in [2.05, 4.69) is 15.6 Å². The molecule has 0 unspecified atom stereocenters. The molecule has 1 fully saturated rings. The van der Waals surface area contributed by atoms with Crippen LogP contribution in [0.2, 0.25) is 10.0 Å². The topological polar surface area (TPSA) is 63.9 Å². The minimum absolute atomic E-state index is 0.127. The number of aliphatic imine (C=N–C) groups is 1. The molecule has 0 atom stereocenters. The zero-order valence-corrected chi connectivity index (χ0v) is 23.0. The predicted octanol–water partition coefficient (Wildman–Crippen LogP) is 7.41. The highest BCUT2D eigenvalue weighted by molar-refractivity contribution is 8.18. The van der Waals surface area contributed by atoms with Crippen LogP contribution in [-0.2, 0) is 16.1 Å². The van der Waals surface area contributed by atoms with Gasteiger partial charge < -0.3 is 9.30 Å². The Morgan fingerprint density at radius 2 is 1.82 bits per heavy atom. The second-order valence-corrected chi connectivity index (χ2v) is 10.4. The molecule has 38 heavy (non-hydrogen) atoms. The van der Waals surface area contributed by atoms with E-state index in [1.807, 2.05) is 42.6 Å². The Labute approximate surface area is 234 Å². The van der Waals surface area contributed by atoms with Crippen molar-refractivity contribution in [1.82, 2.24) is 9.47 Å². The molecule has 0 bridgehead atoms. The van der Waals surface area contributed by atoms with Crippen LogP contribution >= 0.6 is 35.0 Å². The highest BCUT2D eigenvalue weighted by atomic mass is 35.5. The average molecular weight is 564 g/mol. The van der Waals surface area contributed by atoms with Crippen LogP contribution < -0.4 is 0 Å². The van der Waals surface area contributed by atoms with Crippen LogP contribution in [0.25, 0.3) is 17.0 Å². The number of thioether (sulfide) groups is 1. The summed E-state index contributed by atoms with van der Waals surface area (Å²) < 4.78 is 7.16. The summed E-state index contributed by atoms with van der Waals surface area (Å²) in [4.78, 5) is 31.7. The van der Waals surface area contributed by atoms with E-state index in [0.717, 1.165) is 22.0 Å². The number of halogens is 2. The maximum atomic E-state index is 13.1. The van der Waals surface area contributed by atoms with E-state index in [1.54, 1.807) is 44.3 Å². The minimum Gasteiger partial charge on any atom is -0.462 e. The van der Waals surface area contributed by atoms with Gasteiger partial charge in [-0.2, -0.15) is 0 Å². The summed E-state index contributed by atoms with van der Waals surface area (Å²) in [5, 5.41) is 2.63. The molecule has 1 aromatic heterocycles. The standard InChI is InChI=1S/C29H23Cl2N3O3S/c1-3-37-28(36)19-9-11-21(12-10-19)32-29-33(2)27(35)26(38-29)15-20-17-34(25-7-5-4-6-22(20)25)16-18-8-13-23(30)24(31)14-18/h4-15,17H,3,16H2,1-2H3. The Morgan fingerprint density at radius 3 is 2.55 bits per heavy atom. The minimum atomic E-state index is -0.377. The number of hydrogen-bond acceptors (Lipinski definition) is 5. The zero-order valence-electron chi connectivity index (χ0n) is 20.7. The molecule has 0 saturated carbocycles. The van der Waals surface area contributed by atoms with E-state index in [1.165, 1.54) is 16.7 Å². The van der Waals surface area contributed by atoms with Crippen molar-refractivity contribution >= 4 is 74.7 Å². The van der Waals surface area contributed by atoms with Crippen molar-refractivity contribution in [2.24, 2.45) is 4.99 Å². The fourth-order valence-corrected chi connectivity index (χ4v) is 5.44. The lowest BCUT2D eigenvalue weighted by Crippen LogP contribution is -2.23.